The molecule has 1 aliphatic rings. The van der Waals surface area contributed by atoms with Gasteiger partial charge in [0.25, 0.3) is 0 Å². The van der Waals surface area contributed by atoms with Gasteiger partial charge >= 0.3 is 0 Å². The van der Waals surface area contributed by atoms with Crippen molar-refractivity contribution in [2.75, 3.05) is 0 Å². The van der Waals surface area contributed by atoms with Crippen LogP contribution in [0.5, 0.6) is 0 Å². The number of isocyanates is 1. The van der Waals surface area contributed by atoms with E-state index in [1.165, 1.54) is 0 Å². The van der Waals surface area contributed by atoms with Crippen LogP contribution in [0.2, 0.25) is 0 Å². The minimum Gasteiger partial charge on any atom is -0.258 e. The number of carbonyl (C=O) groups excluding carboxylic acids is 1. The molecule has 66 valence electrons. The van der Waals surface area contributed by atoms with Crippen LogP contribution < -0.4 is 0 Å². The van der Waals surface area contributed by atoms with Crippen LogP contribution in [0.15, 0.2) is 23.3 Å². The van der Waals surface area contributed by atoms with Crippen molar-refractivity contribution < 1.29 is 4.79 Å². The summed E-state index contributed by atoms with van der Waals surface area (Å²) in [6.45, 7) is 1.99. The predicted molar refractivity (Wildman–Crippen MR) is 48.0 cm³/mol. The Labute approximate surface area is 76.5 Å². The Morgan fingerprint density at radius 1 is 1.54 bits per heavy atom. The van der Waals surface area contributed by atoms with E-state index >= 15 is 0 Å². The highest BCUT2D eigenvalue weighted by atomic mass is 16.1. The summed E-state index contributed by atoms with van der Waals surface area (Å²) in [5.41, 5.74) is 1.69. The first-order valence-electron chi connectivity index (χ1n) is 4.29. The molecule has 1 fully saturated rings. The monoisotopic (exact) mass is 174 g/mol. The van der Waals surface area contributed by atoms with E-state index < -0.39 is 0 Å². The molecule has 3 heteroatoms. The Morgan fingerprint density at radius 2 is 2.31 bits per heavy atom. The summed E-state index contributed by atoms with van der Waals surface area (Å²) in [4.78, 5) is 18.2. The highest BCUT2D eigenvalue weighted by Gasteiger charge is 2.46. The molecule has 2 rings (SSSR count). The van der Waals surface area contributed by atoms with Gasteiger partial charge in [0, 0.05) is 6.20 Å². The molecule has 0 amide bonds. The Bertz CT molecular complexity index is 359. The van der Waals surface area contributed by atoms with Crippen molar-refractivity contribution >= 4 is 6.08 Å². The number of hydrogen-bond donors (Lipinski definition) is 0. The van der Waals surface area contributed by atoms with Crippen LogP contribution in [-0.2, 0) is 10.3 Å². The molecule has 0 unspecified atom stereocenters. The highest BCUT2D eigenvalue weighted by molar-refractivity contribution is 5.39. The van der Waals surface area contributed by atoms with Gasteiger partial charge in [-0.2, -0.15) is 4.99 Å². The van der Waals surface area contributed by atoms with Crippen LogP contribution in [0, 0.1) is 6.92 Å². The Balaban J connectivity index is 2.35. The van der Waals surface area contributed by atoms with Gasteiger partial charge in [-0.15, -0.1) is 0 Å². The largest absolute Gasteiger partial charge is 0.258 e. The molecule has 0 aromatic carbocycles. The predicted octanol–water partition coefficient (Wildman–Crippen LogP) is 1.71. The first-order chi connectivity index (χ1) is 6.27. The minimum atomic E-state index is -0.324. The molecule has 13 heavy (non-hydrogen) atoms. The van der Waals surface area contributed by atoms with Gasteiger partial charge in [0.1, 0.15) is 5.54 Å². The topological polar surface area (TPSA) is 42.3 Å². The number of pyridine rings is 1. The number of nitrogens with zero attached hydrogens (tertiary/aromatic N) is 2. The summed E-state index contributed by atoms with van der Waals surface area (Å²) in [7, 11) is 0. The van der Waals surface area contributed by atoms with E-state index in [-0.39, 0.29) is 5.54 Å². The van der Waals surface area contributed by atoms with E-state index in [1.54, 1.807) is 12.3 Å². The standard InChI is InChI=1S/C10H10N2O/c1-8-2-3-9(11-6-8)10(4-5-10)12-7-13/h2-3,6H,4-5H2,1H3. The summed E-state index contributed by atoms with van der Waals surface area (Å²) < 4.78 is 0. The van der Waals surface area contributed by atoms with Crippen molar-refractivity contribution in [2.24, 2.45) is 4.99 Å². The molecule has 0 saturated heterocycles. The average Bonchev–Trinajstić information content (AvgIpc) is 2.87. The number of aryl methyl sites for hydroxylation is 1. The van der Waals surface area contributed by atoms with Gasteiger partial charge in [0.2, 0.25) is 6.08 Å². The van der Waals surface area contributed by atoms with Crippen LogP contribution in [-0.4, -0.2) is 11.1 Å². The summed E-state index contributed by atoms with van der Waals surface area (Å²) in [5.74, 6) is 0. The van der Waals surface area contributed by atoms with Crippen molar-refractivity contribution in [1.82, 2.24) is 4.98 Å². The van der Waals surface area contributed by atoms with Gasteiger partial charge in [0.05, 0.1) is 5.69 Å². The van der Waals surface area contributed by atoms with Crippen LogP contribution in [0.1, 0.15) is 24.1 Å². The lowest BCUT2D eigenvalue weighted by molar-refractivity contribution is 0.555. The van der Waals surface area contributed by atoms with Crippen LogP contribution in [0.25, 0.3) is 0 Å². The zero-order valence-electron chi connectivity index (χ0n) is 7.45. The molecule has 0 bridgehead atoms. The summed E-state index contributed by atoms with van der Waals surface area (Å²) >= 11 is 0. The third-order valence-corrected chi connectivity index (χ3v) is 2.37. The molecule has 1 saturated carbocycles. The molecule has 1 aromatic heterocycles. The average molecular weight is 174 g/mol. The fourth-order valence-electron chi connectivity index (χ4n) is 1.37. The zero-order valence-corrected chi connectivity index (χ0v) is 7.45. The van der Waals surface area contributed by atoms with E-state index in [0.29, 0.717) is 0 Å². The second kappa shape index (κ2) is 2.79. The third-order valence-electron chi connectivity index (χ3n) is 2.37. The molecule has 0 radical (unpaired) electrons. The summed E-state index contributed by atoms with van der Waals surface area (Å²) in [6, 6.07) is 3.92. The van der Waals surface area contributed by atoms with Gasteiger partial charge in [0.15, 0.2) is 0 Å². The lowest BCUT2D eigenvalue weighted by atomic mass is 10.1. The number of aromatic nitrogens is 1. The molecule has 1 heterocycles. The van der Waals surface area contributed by atoms with E-state index in [1.807, 2.05) is 19.1 Å². The van der Waals surface area contributed by atoms with E-state index in [0.717, 1.165) is 24.1 Å². The van der Waals surface area contributed by atoms with Crippen LogP contribution >= 0.6 is 0 Å². The van der Waals surface area contributed by atoms with E-state index in [9.17, 15) is 4.79 Å². The third kappa shape index (κ3) is 1.38. The summed E-state index contributed by atoms with van der Waals surface area (Å²) in [6.07, 6.45) is 5.25. The van der Waals surface area contributed by atoms with Crippen molar-refractivity contribution in [1.29, 1.82) is 0 Å². The highest BCUT2D eigenvalue weighted by Crippen LogP contribution is 2.48. The smallest absolute Gasteiger partial charge is 0.235 e. The molecule has 0 aliphatic heterocycles. The first kappa shape index (κ1) is 8.14. The molecule has 1 aliphatic carbocycles. The number of rotatable bonds is 2. The summed E-state index contributed by atoms with van der Waals surface area (Å²) in [5, 5.41) is 0. The van der Waals surface area contributed by atoms with Gasteiger partial charge < -0.3 is 0 Å². The van der Waals surface area contributed by atoms with Gasteiger partial charge in [-0.3, -0.25) is 4.98 Å². The normalized spacial score (nSPS) is 17.6. The SMILES string of the molecule is Cc1ccc(C2(N=C=O)CC2)nc1. The molecular formula is C10H10N2O. The lowest BCUT2D eigenvalue weighted by Crippen LogP contribution is -2.04. The quantitative estimate of drug-likeness (QED) is 0.506. The van der Waals surface area contributed by atoms with Crippen LogP contribution in [0.3, 0.4) is 0 Å². The van der Waals surface area contributed by atoms with Crippen molar-refractivity contribution in [3.8, 4) is 0 Å². The van der Waals surface area contributed by atoms with Crippen molar-refractivity contribution in [3.63, 3.8) is 0 Å². The minimum absolute atomic E-state index is 0.324. The molecular weight excluding hydrogens is 164 g/mol. The molecule has 1 aromatic rings. The Morgan fingerprint density at radius 3 is 2.77 bits per heavy atom. The van der Waals surface area contributed by atoms with E-state index in [2.05, 4.69) is 9.98 Å². The first-order valence-corrected chi connectivity index (χ1v) is 4.29. The van der Waals surface area contributed by atoms with Gasteiger partial charge in [-0.1, -0.05) is 6.07 Å². The maximum absolute atomic E-state index is 10.2. The van der Waals surface area contributed by atoms with Crippen molar-refractivity contribution in [3.05, 3.63) is 29.6 Å². The lowest BCUT2D eigenvalue weighted by Gasteiger charge is -2.05. The van der Waals surface area contributed by atoms with Gasteiger partial charge in [-0.25, -0.2) is 4.79 Å². The molecule has 0 spiro atoms. The van der Waals surface area contributed by atoms with E-state index in [4.69, 9.17) is 0 Å². The maximum Gasteiger partial charge on any atom is 0.235 e. The Kier molecular flexibility index (Phi) is 1.74. The number of hydrogen-bond acceptors (Lipinski definition) is 3. The maximum atomic E-state index is 10.2. The Hall–Kier alpha value is -1.47. The van der Waals surface area contributed by atoms with Crippen molar-refractivity contribution in [2.45, 2.75) is 25.3 Å². The number of aliphatic imine (C=N–C) groups is 1. The van der Waals surface area contributed by atoms with Crippen LogP contribution in [0.4, 0.5) is 0 Å². The molecule has 0 N–H and O–H groups in total. The van der Waals surface area contributed by atoms with Gasteiger partial charge in [-0.05, 0) is 31.4 Å². The second-order valence-corrected chi connectivity index (χ2v) is 3.46. The zero-order chi connectivity index (χ0) is 9.31. The fraction of sp³-hybridized carbons (Fsp3) is 0.400. The molecule has 0 atom stereocenters. The fourth-order valence-corrected chi connectivity index (χ4v) is 1.37. The molecule has 3 nitrogen and oxygen atoms in total. The second-order valence-electron chi connectivity index (χ2n) is 3.46.